The van der Waals surface area contributed by atoms with E-state index < -0.39 is 20.4 Å². The summed E-state index contributed by atoms with van der Waals surface area (Å²) in [6.07, 6.45) is 11.8. The van der Waals surface area contributed by atoms with Crippen molar-refractivity contribution < 1.29 is 47.9 Å². The Labute approximate surface area is 362 Å². The van der Waals surface area contributed by atoms with Gasteiger partial charge in [-0.1, -0.05) is 87.9 Å². The van der Waals surface area contributed by atoms with E-state index in [1.54, 1.807) is 33.5 Å². The van der Waals surface area contributed by atoms with E-state index in [1.165, 1.54) is 0 Å². The fourth-order valence-electron chi connectivity index (χ4n) is 6.00. The van der Waals surface area contributed by atoms with Gasteiger partial charge >= 0.3 is 5.97 Å². The summed E-state index contributed by atoms with van der Waals surface area (Å²) in [5.41, 5.74) is 5.28. The molecule has 5 atom stereocenters. The van der Waals surface area contributed by atoms with E-state index in [2.05, 4.69) is 66.8 Å². The molecule has 0 aromatic heterocycles. The van der Waals surface area contributed by atoms with Gasteiger partial charge in [0.25, 0.3) is 0 Å². The summed E-state index contributed by atoms with van der Waals surface area (Å²) in [6, 6.07) is 15.5. The molecule has 0 saturated carbocycles. The van der Waals surface area contributed by atoms with Gasteiger partial charge in [0.1, 0.15) is 18.3 Å². The highest BCUT2D eigenvalue weighted by molar-refractivity contribution is 6.74. The zero-order valence-electron chi connectivity index (χ0n) is 38.6. The highest BCUT2D eigenvalue weighted by Gasteiger charge is 2.37. The van der Waals surface area contributed by atoms with E-state index in [-0.39, 0.29) is 48.2 Å². The summed E-state index contributed by atoms with van der Waals surface area (Å²) in [6.45, 7) is 21.7. The van der Waals surface area contributed by atoms with Crippen LogP contribution in [-0.4, -0.2) is 83.6 Å². The number of benzene rings is 2. The summed E-state index contributed by atoms with van der Waals surface area (Å²) in [7, 11) is 2.76. The van der Waals surface area contributed by atoms with Crippen LogP contribution in [0.4, 0.5) is 0 Å². The van der Waals surface area contributed by atoms with Gasteiger partial charge in [0.15, 0.2) is 8.32 Å². The van der Waals surface area contributed by atoms with Gasteiger partial charge in [-0.3, -0.25) is 0 Å². The molecule has 0 spiro atoms. The third-order valence-corrected chi connectivity index (χ3v) is 15.6. The first-order chi connectivity index (χ1) is 28.3. The van der Waals surface area contributed by atoms with E-state index in [0.717, 1.165) is 45.8 Å². The maximum atomic E-state index is 12.1. The number of methoxy groups -OCH3 is 3. The molecule has 0 amide bonds. The number of ether oxygens (including phenoxy) is 6. The zero-order valence-corrected chi connectivity index (χ0v) is 39.6. The molecule has 2 N–H and O–H groups in total. The molecule has 60 heavy (non-hydrogen) atoms. The molecular formula is C49H74O10Si. The third-order valence-electron chi connectivity index (χ3n) is 11.1. The number of aliphatic hydroxyl groups excluding tert-OH is 1. The Morgan fingerprint density at radius 3 is 1.90 bits per heavy atom. The fourth-order valence-corrected chi connectivity index (χ4v) is 6.95. The standard InChI is InChI=1S/C49H74O10Si/c1-14-41(47(58-34-53-9)37(4)29-35(2)19-28-45(50)38(5)56-31-39-20-24-43(54-10)25-21-39)30-36(3)46(57-32-40-22-26-44(55-11)27-23-40)18-16-15-17-42(48(51)52)33-59-60(12,13)49(6,7)8/h15-17,19-27,29-30,38,41,45-47,50H,14,18,28,31-34H2,1-13H3,(H,51,52)/b16-15+,35-19+,36-30+,37-29+,42-17+/t38-,41+,45+,46+,47+/m1/s1. The lowest BCUT2D eigenvalue weighted by molar-refractivity contribution is -0.133. The van der Waals surface area contributed by atoms with E-state index in [0.29, 0.717) is 26.1 Å². The van der Waals surface area contributed by atoms with Gasteiger partial charge in [-0.15, -0.1) is 0 Å². The van der Waals surface area contributed by atoms with Crippen molar-refractivity contribution >= 4 is 14.3 Å². The highest BCUT2D eigenvalue weighted by atomic mass is 28.4. The molecule has 0 heterocycles. The summed E-state index contributed by atoms with van der Waals surface area (Å²) in [5, 5.41) is 20.8. The SMILES string of the molecule is CC[C@@H](/C=C(\C)[C@H](C/C=C/C=C(\CO[Si](C)(C)C(C)(C)C)C(=O)O)OCc1ccc(OC)cc1)[C@@H](OCOC)/C(C)=C/C(C)=C/C[C@H](O)[C@@H](C)OCc1ccc(OC)cc1. The molecule has 2 aromatic carbocycles. The molecule has 2 aromatic rings. The highest BCUT2D eigenvalue weighted by Crippen LogP contribution is 2.37. The number of aliphatic hydroxyl groups is 1. The minimum absolute atomic E-state index is 0.0109. The van der Waals surface area contributed by atoms with Crippen molar-refractivity contribution in [2.24, 2.45) is 5.92 Å². The third kappa shape index (κ3) is 18.4. The minimum Gasteiger partial charge on any atom is -0.497 e. The van der Waals surface area contributed by atoms with Crippen molar-refractivity contribution in [2.75, 3.05) is 34.7 Å². The van der Waals surface area contributed by atoms with Crippen LogP contribution in [0.2, 0.25) is 18.1 Å². The second-order valence-electron chi connectivity index (χ2n) is 16.8. The Kier molecular flexibility index (Phi) is 23.1. The van der Waals surface area contributed by atoms with Crippen LogP contribution in [0.15, 0.2) is 107 Å². The lowest BCUT2D eigenvalue weighted by atomic mass is 9.89. The van der Waals surface area contributed by atoms with Crippen molar-refractivity contribution in [1.29, 1.82) is 0 Å². The van der Waals surface area contributed by atoms with Gasteiger partial charge in [0, 0.05) is 13.0 Å². The number of carboxylic acid groups (broad SMARTS) is 1. The molecule has 0 saturated heterocycles. The van der Waals surface area contributed by atoms with Crippen LogP contribution in [0.25, 0.3) is 0 Å². The van der Waals surface area contributed by atoms with Crippen molar-refractivity contribution in [1.82, 2.24) is 0 Å². The predicted molar refractivity (Wildman–Crippen MR) is 244 cm³/mol. The van der Waals surface area contributed by atoms with Crippen molar-refractivity contribution in [3.8, 4) is 11.5 Å². The molecule has 0 unspecified atom stereocenters. The maximum Gasteiger partial charge on any atom is 0.333 e. The smallest absolute Gasteiger partial charge is 0.333 e. The van der Waals surface area contributed by atoms with Gasteiger partial charge < -0.3 is 43.1 Å². The van der Waals surface area contributed by atoms with Gasteiger partial charge in [0.05, 0.1) is 64.0 Å². The van der Waals surface area contributed by atoms with Crippen LogP contribution in [0.3, 0.4) is 0 Å². The number of allylic oxidation sites excluding steroid dienone is 4. The quantitative estimate of drug-likeness (QED) is 0.0295. The lowest BCUT2D eigenvalue weighted by Crippen LogP contribution is -2.41. The molecule has 10 nitrogen and oxygen atoms in total. The van der Waals surface area contributed by atoms with E-state index in [4.69, 9.17) is 32.8 Å². The molecule has 0 aliphatic heterocycles. The largest absolute Gasteiger partial charge is 0.497 e. The molecule has 0 aliphatic rings. The summed E-state index contributed by atoms with van der Waals surface area (Å²) >= 11 is 0. The summed E-state index contributed by atoms with van der Waals surface area (Å²) < 4.78 is 41.0. The average Bonchev–Trinajstić information content (AvgIpc) is 3.21. The van der Waals surface area contributed by atoms with Gasteiger partial charge in [-0.05, 0) is 118 Å². The van der Waals surface area contributed by atoms with E-state index in [9.17, 15) is 15.0 Å². The molecule has 0 aliphatic carbocycles. The Morgan fingerprint density at radius 1 is 0.833 bits per heavy atom. The van der Waals surface area contributed by atoms with Crippen LogP contribution in [0, 0.1) is 5.92 Å². The Morgan fingerprint density at radius 2 is 1.40 bits per heavy atom. The fraction of sp³-hybridized carbons (Fsp3) is 0.531. The van der Waals surface area contributed by atoms with Crippen LogP contribution in [0.5, 0.6) is 11.5 Å². The van der Waals surface area contributed by atoms with Crippen LogP contribution < -0.4 is 9.47 Å². The number of aliphatic carboxylic acids is 1. The number of hydrogen-bond donors (Lipinski definition) is 2. The Balaban J connectivity index is 2.30. The van der Waals surface area contributed by atoms with E-state index >= 15 is 0 Å². The first-order valence-electron chi connectivity index (χ1n) is 20.9. The number of carbonyl (C=O) groups is 1. The molecular weight excluding hydrogens is 777 g/mol. The monoisotopic (exact) mass is 851 g/mol. The first kappa shape index (κ1) is 52.3. The molecule has 334 valence electrons. The Hall–Kier alpha value is -3.81. The number of rotatable bonds is 27. The number of hydrogen-bond acceptors (Lipinski definition) is 9. The van der Waals surface area contributed by atoms with Crippen molar-refractivity contribution in [3.63, 3.8) is 0 Å². The first-order valence-corrected chi connectivity index (χ1v) is 23.8. The second-order valence-corrected chi connectivity index (χ2v) is 21.6. The molecule has 0 fully saturated rings. The van der Waals surface area contributed by atoms with Crippen LogP contribution in [0.1, 0.15) is 85.8 Å². The van der Waals surface area contributed by atoms with Gasteiger partial charge in [-0.25, -0.2) is 4.79 Å². The van der Waals surface area contributed by atoms with Crippen molar-refractivity contribution in [3.05, 3.63) is 118 Å². The van der Waals surface area contributed by atoms with Gasteiger partial charge in [0.2, 0.25) is 0 Å². The molecule has 0 bridgehead atoms. The van der Waals surface area contributed by atoms with Gasteiger partial charge in [-0.2, -0.15) is 0 Å². The maximum absolute atomic E-state index is 12.1. The summed E-state index contributed by atoms with van der Waals surface area (Å²) in [5.74, 6) is 0.553. The normalized spacial score (nSPS) is 16.1. The molecule has 2 rings (SSSR count). The second kappa shape index (κ2) is 26.5. The van der Waals surface area contributed by atoms with Crippen LogP contribution in [-0.2, 0) is 41.4 Å². The average molecular weight is 851 g/mol. The Bertz CT molecular complexity index is 1720. The topological polar surface area (TPSA) is 122 Å². The molecule has 0 radical (unpaired) electrons. The van der Waals surface area contributed by atoms with Crippen LogP contribution >= 0.6 is 0 Å². The van der Waals surface area contributed by atoms with Crippen molar-refractivity contribution in [2.45, 2.75) is 130 Å². The predicted octanol–water partition coefficient (Wildman–Crippen LogP) is 10.8. The summed E-state index contributed by atoms with van der Waals surface area (Å²) in [4.78, 5) is 12.1. The zero-order chi connectivity index (χ0) is 44.9. The minimum atomic E-state index is -2.13. The number of carboxylic acids is 1. The lowest BCUT2D eigenvalue weighted by Gasteiger charge is -2.36. The molecule has 11 heteroatoms. The van der Waals surface area contributed by atoms with E-state index in [1.807, 2.05) is 74.5 Å².